The molecular weight excluding hydrogens is 376 g/mol. The van der Waals surface area contributed by atoms with Crippen LogP contribution in [0.4, 0.5) is 5.69 Å². The van der Waals surface area contributed by atoms with E-state index in [1.807, 2.05) is 0 Å². The minimum absolute atomic E-state index is 0.0514. The van der Waals surface area contributed by atoms with Gasteiger partial charge in [0.15, 0.2) is 0 Å². The maximum absolute atomic E-state index is 12.9. The van der Waals surface area contributed by atoms with Gasteiger partial charge in [-0.05, 0) is 48.4 Å². The molecule has 28 heavy (non-hydrogen) atoms. The van der Waals surface area contributed by atoms with Crippen LogP contribution in [0.15, 0.2) is 57.7 Å². The molecule has 144 valence electrons. The molecular formula is C22H21ClN2O3. The Kier molecular flexibility index (Phi) is 5.09. The number of aryl methyl sites for hydroxylation is 1. The number of fused-ring (bicyclic) bond motifs is 1. The normalized spacial score (nSPS) is 14.5. The summed E-state index contributed by atoms with van der Waals surface area (Å²) in [6.07, 6.45) is 1.02. The van der Waals surface area contributed by atoms with E-state index in [-0.39, 0.29) is 11.5 Å². The highest BCUT2D eigenvalue weighted by atomic mass is 35.5. The number of amides is 1. The first-order valence-electron chi connectivity index (χ1n) is 9.42. The Morgan fingerprint density at radius 3 is 2.43 bits per heavy atom. The molecule has 3 aromatic rings. The van der Waals surface area contributed by atoms with Gasteiger partial charge in [0.05, 0.1) is 0 Å². The first-order chi connectivity index (χ1) is 13.5. The second kappa shape index (κ2) is 7.68. The van der Waals surface area contributed by atoms with Crippen LogP contribution in [0, 0.1) is 0 Å². The van der Waals surface area contributed by atoms with E-state index in [9.17, 15) is 9.59 Å². The number of benzene rings is 2. The smallest absolute Gasteiger partial charge is 0.349 e. The van der Waals surface area contributed by atoms with Gasteiger partial charge < -0.3 is 14.2 Å². The zero-order chi connectivity index (χ0) is 19.7. The Morgan fingerprint density at radius 1 is 1.04 bits per heavy atom. The summed E-state index contributed by atoms with van der Waals surface area (Å²) >= 11 is 6.01. The van der Waals surface area contributed by atoms with E-state index >= 15 is 0 Å². The van der Waals surface area contributed by atoms with Gasteiger partial charge in [0.1, 0.15) is 11.1 Å². The van der Waals surface area contributed by atoms with E-state index < -0.39 is 5.63 Å². The fraction of sp³-hybridized carbons (Fsp3) is 0.273. The van der Waals surface area contributed by atoms with E-state index in [1.54, 1.807) is 29.2 Å². The molecule has 1 amide bonds. The second-order valence-corrected chi connectivity index (χ2v) is 7.37. The minimum Gasteiger partial charge on any atom is -0.422 e. The van der Waals surface area contributed by atoms with Gasteiger partial charge in [-0.15, -0.1) is 0 Å². The van der Waals surface area contributed by atoms with Crippen molar-refractivity contribution in [2.45, 2.75) is 13.3 Å². The molecule has 1 aromatic heterocycles. The van der Waals surface area contributed by atoms with Crippen LogP contribution in [0.25, 0.3) is 11.0 Å². The minimum atomic E-state index is -0.614. The number of anilines is 1. The van der Waals surface area contributed by atoms with Gasteiger partial charge in [0, 0.05) is 42.3 Å². The fourth-order valence-electron chi connectivity index (χ4n) is 3.52. The molecule has 0 atom stereocenters. The molecule has 0 unspecified atom stereocenters. The standard InChI is InChI=1S/C22H21ClN2O3/c1-2-15-3-6-18(7-4-15)24-9-11-25(12-10-24)21(26)19-14-16-13-17(23)5-8-20(16)28-22(19)27/h3-8,13-14H,2,9-12H2,1H3. The lowest BCUT2D eigenvalue weighted by Crippen LogP contribution is -2.49. The lowest BCUT2D eigenvalue weighted by Gasteiger charge is -2.36. The Hall–Kier alpha value is -2.79. The van der Waals surface area contributed by atoms with Crippen molar-refractivity contribution < 1.29 is 9.21 Å². The van der Waals surface area contributed by atoms with Gasteiger partial charge in [0.25, 0.3) is 5.91 Å². The van der Waals surface area contributed by atoms with Crippen LogP contribution in [-0.2, 0) is 6.42 Å². The highest BCUT2D eigenvalue weighted by Gasteiger charge is 2.25. The molecule has 1 fully saturated rings. The fourth-order valence-corrected chi connectivity index (χ4v) is 3.70. The number of nitrogens with zero attached hydrogens (tertiary/aromatic N) is 2. The summed E-state index contributed by atoms with van der Waals surface area (Å²) in [5.74, 6) is -0.295. The van der Waals surface area contributed by atoms with Gasteiger partial charge in [0.2, 0.25) is 0 Å². The number of carbonyl (C=O) groups is 1. The van der Waals surface area contributed by atoms with Crippen molar-refractivity contribution >= 4 is 34.2 Å². The summed E-state index contributed by atoms with van der Waals surface area (Å²) in [7, 11) is 0. The van der Waals surface area contributed by atoms with Crippen molar-refractivity contribution in [2.75, 3.05) is 31.1 Å². The first kappa shape index (κ1) is 18.6. The molecule has 6 heteroatoms. The first-order valence-corrected chi connectivity index (χ1v) is 9.79. The van der Waals surface area contributed by atoms with Gasteiger partial charge in [-0.1, -0.05) is 30.7 Å². The quantitative estimate of drug-likeness (QED) is 0.628. The van der Waals surface area contributed by atoms with Crippen LogP contribution in [0.2, 0.25) is 5.02 Å². The van der Waals surface area contributed by atoms with Crippen LogP contribution < -0.4 is 10.5 Å². The van der Waals surface area contributed by atoms with E-state index in [0.717, 1.165) is 25.2 Å². The van der Waals surface area contributed by atoms with E-state index in [2.05, 4.69) is 36.1 Å². The Bertz CT molecular complexity index is 1070. The number of halogens is 1. The predicted octanol–water partition coefficient (Wildman–Crippen LogP) is 3.97. The van der Waals surface area contributed by atoms with Crippen molar-refractivity contribution in [3.63, 3.8) is 0 Å². The summed E-state index contributed by atoms with van der Waals surface area (Å²) in [5.41, 5.74) is 2.32. The van der Waals surface area contributed by atoms with Crippen molar-refractivity contribution in [3.05, 3.63) is 75.1 Å². The van der Waals surface area contributed by atoms with Crippen molar-refractivity contribution in [2.24, 2.45) is 0 Å². The van der Waals surface area contributed by atoms with E-state index in [1.165, 1.54) is 5.56 Å². The number of hydrogen-bond acceptors (Lipinski definition) is 4. The van der Waals surface area contributed by atoms with Gasteiger partial charge in [-0.25, -0.2) is 4.79 Å². The molecule has 0 saturated carbocycles. The van der Waals surface area contributed by atoms with Crippen molar-refractivity contribution in [1.29, 1.82) is 0 Å². The largest absolute Gasteiger partial charge is 0.422 e. The SMILES string of the molecule is CCc1ccc(N2CCN(C(=O)c3cc4cc(Cl)ccc4oc3=O)CC2)cc1. The lowest BCUT2D eigenvalue weighted by atomic mass is 10.1. The molecule has 1 saturated heterocycles. The second-order valence-electron chi connectivity index (χ2n) is 6.93. The monoisotopic (exact) mass is 396 g/mol. The number of rotatable bonds is 3. The number of hydrogen-bond donors (Lipinski definition) is 0. The summed E-state index contributed by atoms with van der Waals surface area (Å²) in [4.78, 5) is 29.1. The maximum Gasteiger partial charge on any atom is 0.349 e. The topological polar surface area (TPSA) is 53.8 Å². The highest BCUT2D eigenvalue weighted by Crippen LogP contribution is 2.21. The van der Waals surface area contributed by atoms with Gasteiger partial charge >= 0.3 is 5.63 Å². The molecule has 1 aliphatic rings. The molecule has 0 spiro atoms. The van der Waals surface area contributed by atoms with Crippen LogP contribution in [0.1, 0.15) is 22.8 Å². The Morgan fingerprint density at radius 2 is 1.75 bits per heavy atom. The molecule has 1 aliphatic heterocycles. The zero-order valence-corrected chi connectivity index (χ0v) is 16.4. The molecule has 0 aliphatic carbocycles. The summed E-state index contributed by atoms with van der Waals surface area (Å²) < 4.78 is 5.30. The highest BCUT2D eigenvalue weighted by molar-refractivity contribution is 6.31. The average Bonchev–Trinajstić information content (AvgIpc) is 2.73. The molecule has 4 rings (SSSR count). The van der Waals surface area contributed by atoms with Crippen LogP contribution >= 0.6 is 11.6 Å². The van der Waals surface area contributed by atoms with Crippen LogP contribution in [-0.4, -0.2) is 37.0 Å². The molecule has 5 nitrogen and oxygen atoms in total. The maximum atomic E-state index is 12.9. The average molecular weight is 397 g/mol. The van der Waals surface area contributed by atoms with Crippen molar-refractivity contribution in [3.8, 4) is 0 Å². The Labute approximate surface area is 168 Å². The molecule has 2 aromatic carbocycles. The van der Waals surface area contributed by atoms with Crippen molar-refractivity contribution in [1.82, 2.24) is 4.90 Å². The summed E-state index contributed by atoms with van der Waals surface area (Å²) in [5, 5.41) is 1.17. The predicted molar refractivity (Wildman–Crippen MR) is 111 cm³/mol. The summed E-state index contributed by atoms with van der Waals surface area (Å²) in [6, 6.07) is 15.1. The summed E-state index contributed by atoms with van der Waals surface area (Å²) in [6.45, 7) is 4.70. The molecule has 0 bridgehead atoms. The van der Waals surface area contributed by atoms with Crippen LogP contribution in [0.3, 0.4) is 0 Å². The molecule has 2 heterocycles. The van der Waals surface area contributed by atoms with Gasteiger partial charge in [-0.2, -0.15) is 0 Å². The number of piperazine rings is 1. The van der Waals surface area contributed by atoms with E-state index in [0.29, 0.717) is 29.1 Å². The third kappa shape index (κ3) is 3.62. The number of carbonyl (C=O) groups excluding carboxylic acids is 1. The zero-order valence-electron chi connectivity index (χ0n) is 15.7. The van der Waals surface area contributed by atoms with Gasteiger partial charge in [-0.3, -0.25) is 4.79 Å². The third-order valence-corrected chi connectivity index (χ3v) is 5.44. The lowest BCUT2D eigenvalue weighted by molar-refractivity contribution is 0.0742. The third-order valence-electron chi connectivity index (χ3n) is 5.20. The van der Waals surface area contributed by atoms with E-state index in [4.69, 9.17) is 16.0 Å². The molecule has 0 radical (unpaired) electrons. The van der Waals surface area contributed by atoms with Crippen LogP contribution in [0.5, 0.6) is 0 Å². The molecule has 0 N–H and O–H groups in total. The Balaban J connectivity index is 1.50.